The number of likely N-dealkylation sites (N-methyl/N-ethyl adjacent to an activating group) is 2. The maximum absolute atomic E-state index is 13.9. The van der Waals surface area contributed by atoms with Gasteiger partial charge in [0, 0.05) is 63.2 Å². The fraction of sp³-hybridized carbons (Fsp3) is 0.870. The van der Waals surface area contributed by atoms with Gasteiger partial charge in [-0.25, -0.2) is 0 Å². The van der Waals surface area contributed by atoms with Crippen molar-refractivity contribution < 1.29 is 28.8 Å². The highest BCUT2D eigenvalue weighted by Gasteiger charge is 2.42. The maximum atomic E-state index is 13.9. The van der Waals surface area contributed by atoms with Crippen LogP contribution in [0.3, 0.4) is 0 Å². The molecule has 2 fully saturated rings. The van der Waals surface area contributed by atoms with Crippen LogP contribution in [0.2, 0.25) is 0 Å². The van der Waals surface area contributed by atoms with Crippen LogP contribution in [0.1, 0.15) is 160 Å². The molecule has 0 spiro atoms. The van der Waals surface area contributed by atoms with Gasteiger partial charge in [-0.3, -0.25) is 28.8 Å². The number of unbranched alkanes of at least 4 members (excludes halogenated alkanes) is 5. The first-order valence-electron chi connectivity index (χ1n) is 23.1. The van der Waals surface area contributed by atoms with Gasteiger partial charge in [-0.1, -0.05) is 67.2 Å². The molecular weight excluding hydrogens is 761 g/mol. The molecule has 0 saturated carbocycles. The molecule has 14 heteroatoms. The molecule has 2 saturated heterocycles. The summed E-state index contributed by atoms with van der Waals surface area (Å²) in [6.45, 7) is 25.7. The third-order valence-corrected chi connectivity index (χ3v) is 12.5. The summed E-state index contributed by atoms with van der Waals surface area (Å²) < 4.78 is 0. The van der Waals surface area contributed by atoms with Crippen LogP contribution in [-0.2, 0) is 28.8 Å². The predicted molar refractivity (Wildman–Crippen MR) is 240 cm³/mol. The molecule has 2 aliphatic rings. The molecule has 0 aliphatic carbocycles. The van der Waals surface area contributed by atoms with E-state index in [1.807, 2.05) is 88.8 Å². The van der Waals surface area contributed by atoms with Crippen LogP contribution in [0.25, 0.3) is 0 Å². The molecule has 6 amide bonds. The van der Waals surface area contributed by atoms with E-state index < -0.39 is 35.0 Å². The average molecular weight is 847 g/mol. The van der Waals surface area contributed by atoms with Gasteiger partial charge in [-0.05, 0) is 105 Å². The summed E-state index contributed by atoms with van der Waals surface area (Å²) in [5, 5.41) is 11.9. The number of hydrogen-bond acceptors (Lipinski definition) is 8. The molecule has 0 radical (unpaired) electrons. The quantitative estimate of drug-likeness (QED) is 0.106. The second-order valence-electron chi connectivity index (χ2n) is 20.2. The number of nitrogens with zero attached hydrogens (tertiary/aromatic N) is 4. The number of rotatable bonds is 23. The molecule has 60 heavy (non-hydrogen) atoms. The van der Waals surface area contributed by atoms with Gasteiger partial charge in [0.05, 0.1) is 12.1 Å². The summed E-state index contributed by atoms with van der Waals surface area (Å²) in [4.78, 5) is 88.1. The van der Waals surface area contributed by atoms with Gasteiger partial charge in [-0.2, -0.15) is 0 Å². The summed E-state index contributed by atoms with van der Waals surface area (Å²) >= 11 is 0. The number of hydrogen-bond donors (Lipinski definition) is 4. The fourth-order valence-corrected chi connectivity index (χ4v) is 8.26. The van der Waals surface area contributed by atoms with Crippen LogP contribution in [0.15, 0.2) is 0 Å². The maximum Gasteiger partial charge on any atom is 0.246 e. The Kier molecular flexibility index (Phi) is 21.5. The Bertz CT molecular complexity index is 1300. The first kappa shape index (κ1) is 52.9. The Morgan fingerprint density at radius 1 is 0.550 bits per heavy atom. The summed E-state index contributed by atoms with van der Waals surface area (Å²) in [5.74, 6) is -0.375. The lowest BCUT2D eigenvalue weighted by Crippen LogP contribution is -2.59. The van der Waals surface area contributed by atoms with E-state index in [4.69, 9.17) is 0 Å². The molecule has 6 atom stereocenters. The highest BCUT2D eigenvalue weighted by atomic mass is 16.2. The van der Waals surface area contributed by atoms with E-state index in [-0.39, 0.29) is 59.6 Å². The zero-order valence-electron chi connectivity index (χ0n) is 40.2. The van der Waals surface area contributed by atoms with Gasteiger partial charge in [0.2, 0.25) is 35.4 Å². The number of nitrogens with one attached hydrogen (secondary N) is 4. The van der Waals surface area contributed by atoms with Gasteiger partial charge < -0.3 is 40.9 Å². The number of carbonyl (C=O) groups excluding carboxylic acids is 6. The minimum absolute atomic E-state index is 0.00476. The van der Waals surface area contributed by atoms with E-state index in [1.165, 1.54) is 0 Å². The van der Waals surface area contributed by atoms with E-state index in [0.717, 1.165) is 64.2 Å². The predicted octanol–water partition coefficient (Wildman–Crippen LogP) is 4.84. The van der Waals surface area contributed by atoms with Crippen molar-refractivity contribution in [3.63, 3.8) is 0 Å². The molecule has 346 valence electrons. The molecule has 4 N–H and O–H groups in total. The lowest BCUT2D eigenvalue weighted by Gasteiger charge is -2.38. The van der Waals surface area contributed by atoms with Crippen LogP contribution in [0.5, 0.6) is 0 Å². The van der Waals surface area contributed by atoms with Crippen LogP contribution in [-0.4, -0.2) is 144 Å². The van der Waals surface area contributed by atoms with Crippen LogP contribution >= 0.6 is 0 Å². The van der Waals surface area contributed by atoms with Crippen molar-refractivity contribution in [3.05, 3.63) is 0 Å². The van der Waals surface area contributed by atoms with Crippen molar-refractivity contribution in [2.24, 2.45) is 10.8 Å². The monoisotopic (exact) mass is 847 g/mol. The van der Waals surface area contributed by atoms with Crippen molar-refractivity contribution in [2.75, 3.05) is 40.3 Å². The van der Waals surface area contributed by atoms with Gasteiger partial charge >= 0.3 is 0 Å². The molecule has 2 rings (SSSR count). The first-order valence-corrected chi connectivity index (χ1v) is 23.1. The standard InChI is InChI=1S/C46H86N8O6/c1-31(2)53(29-35-23-21-27-51(35)43(59)39(45(7,8)9)49-41(57)33(5)47-13)37(55)25-19-17-15-16-18-20-26-38(56)54(32(3)4)30-36-24-22-28-52(36)44(60)40(46(10,11)12)50-42(58)34(6)48-14/h31-36,39-40,47-48H,15-30H2,1-14H3,(H,49,57)(H,50,58)/t33-,34-,35-,36-,39+,40+/m0/s1. The summed E-state index contributed by atoms with van der Waals surface area (Å²) in [6, 6.07) is -2.34. The zero-order chi connectivity index (χ0) is 45.5. The molecular formula is C46H86N8O6. The smallest absolute Gasteiger partial charge is 0.246 e. The number of carbonyl (C=O) groups is 6. The van der Waals surface area contributed by atoms with E-state index in [2.05, 4.69) is 21.3 Å². The molecule has 2 heterocycles. The third-order valence-electron chi connectivity index (χ3n) is 12.5. The largest absolute Gasteiger partial charge is 0.342 e. The Hall–Kier alpha value is -3.26. The summed E-state index contributed by atoms with van der Waals surface area (Å²) in [7, 11) is 3.44. The third kappa shape index (κ3) is 15.9. The van der Waals surface area contributed by atoms with Crippen LogP contribution < -0.4 is 21.3 Å². The molecule has 0 aromatic rings. The van der Waals surface area contributed by atoms with Crippen molar-refractivity contribution in [2.45, 2.75) is 208 Å². The molecule has 0 aromatic heterocycles. The van der Waals surface area contributed by atoms with E-state index >= 15 is 0 Å². The zero-order valence-corrected chi connectivity index (χ0v) is 40.2. The van der Waals surface area contributed by atoms with Crippen molar-refractivity contribution >= 4 is 35.4 Å². The van der Waals surface area contributed by atoms with Gasteiger partial charge in [-0.15, -0.1) is 0 Å². The minimum atomic E-state index is -0.668. The second-order valence-corrected chi connectivity index (χ2v) is 20.2. The molecule has 14 nitrogen and oxygen atoms in total. The Morgan fingerprint density at radius 3 is 1.15 bits per heavy atom. The molecule has 2 aliphatic heterocycles. The Morgan fingerprint density at radius 2 is 0.867 bits per heavy atom. The Labute approximate surface area is 363 Å². The van der Waals surface area contributed by atoms with E-state index in [9.17, 15) is 28.8 Å². The topological polar surface area (TPSA) is 163 Å². The lowest BCUT2D eigenvalue weighted by atomic mass is 9.85. The van der Waals surface area contributed by atoms with Gasteiger partial charge in [0.15, 0.2) is 0 Å². The van der Waals surface area contributed by atoms with E-state index in [0.29, 0.717) is 39.0 Å². The molecule has 0 aromatic carbocycles. The van der Waals surface area contributed by atoms with Crippen molar-refractivity contribution in [3.8, 4) is 0 Å². The van der Waals surface area contributed by atoms with Gasteiger partial charge in [0.25, 0.3) is 0 Å². The first-order chi connectivity index (χ1) is 28.0. The van der Waals surface area contributed by atoms with Crippen LogP contribution in [0, 0.1) is 10.8 Å². The summed E-state index contributed by atoms with van der Waals surface area (Å²) in [5.41, 5.74) is -0.953. The highest BCUT2D eigenvalue weighted by Crippen LogP contribution is 2.29. The molecule has 0 unspecified atom stereocenters. The number of likely N-dealkylation sites (tertiary alicyclic amines) is 2. The lowest BCUT2D eigenvalue weighted by molar-refractivity contribution is -0.142. The normalized spacial score (nSPS) is 19.3. The van der Waals surface area contributed by atoms with Crippen molar-refractivity contribution in [1.29, 1.82) is 0 Å². The average Bonchev–Trinajstić information content (AvgIpc) is 3.85. The summed E-state index contributed by atoms with van der Waals surface area (Å²) in [6.07, 6.45) is 9.75. The van der Waals surface area contributed by atoms with Gasteiger partial charge in [0.1, 0.15) is 12.1 Å². The second kappa shape index (κ2) is 24.4. The number of amides is 6. The molecule has 0 bridgehead atoms. The highest BCUT2D eigenvalue weighted by molar-refractivity contribution is 5.91. The minimum Gasteiger partial charge on any atom is -0.342 e. The van der Waals surface area contributed by atoms with Crippen molar-refractivity contribution in [1.82, 2.24) is 40.9 Å². The van der Waals surface area contributed by atoms with E-state index in [1.54, 1.807) is 27.9 Å². The Balaban J connectivity index is 1.85. The SMILES string of the molecule is CN[C@@H](C)C(=O)N[C@H](C(=O)N1CCC[C@H]1CN(C(=O)CCCCCCCCC(=O)N(C[C@@H]1CCCN1C(=O)[C@@H](NC(=O)[C@H](C)NC)C(C)(C)C)C(C)C)C(C)C)C(C)(C)C. The fourth-order valence-electron chi connectivity index (χ4n) is 8.26. The van der Waals surface area contributed by atoms with Crippen LogP contribution in [0.4, 0.5) is 0 Å².